The fourth-order valence-electron chi connectivity index (χ4n) is 7.85. The molecule has 1 amide bonds. The molecular formula is C32H27Cl2FN4O4. The second kappa shape index (κ2) is 9.42. The molecule has 11 heteroatoms. The van der Waals surface area contributed by atoms with Crippen molar-refractivity contribution in [2.75, 3.05) is 11.9 Å². The number of hydrogen-bond acceptors (Lipinski definition) is 5. The Balaban J connectivity index is 1.38. The first kappa shape index (κ1) is 26.9. The highest BCUT2D eigenvalue weighted by Gasteiger charge is 2.69. The van der Waals surface area contributed by atoms with Gasteiger partial charge in [0.1, 0.15) is 17.5 Å². The molecule has 4 heterocycles. The number of fused-ring (bicyclic) bond motifs is 6. The number of likely N-dealkylation sites (tertiary alicyclic amines) is 1. The van der Waals surface area contributed by atoms with Gasteiger partial charge < -0.3 is 15.2 Å². The van der Waals surface area contributed by atoms with Crippen LogP contribution in [0.1, 0.15) is 47.2 Å². The van der Waals surface area contributed by atoms with Crippen molar-refractivity contribution >= 4 is 51.7 Å². The quantitative estimate of drug-likeness (QED) is 0.278. The van der Waals surface area contributed by atoms with E-state index in [0.717, 1.165) is 18.4 Å². The molecule has 8 nitrogen and oxygen atoms in total. The zero-order chi connectivity index (χ0) is 29.8. The number of ether oxygens (including phenoxy) is 1. The standard InChI is InChI=1S/C32H27Cl2FN4O4/c1-15-28-21(14-39-29(43-15)19-9-7-17(30(40)41)11-24(19)37-39)26(20-3-2-4-23(34)27(20)35)32(38(28)13-16-5-6-16)22-10-8-18(33)12-25(22)36-31(32)42/h2-4,7-12,15-16,21,26,28H,5-6,13-14H2,1H3,(H,36,42)(H,40,41)/t15-,21-,26-,28-,32+/m0/s1. The van der Waals surface area contributed by atoms with E-state index in [1.807, 2.05) is 13.0 Å². The SMILES string of the molecule is C[C@@H]1Oc2c3ccc(C(=O)O)cc3nn2C[C@@H]2[C@H]1N(CC1CC1)[C@@]1(C(=O)Nc3cc(Cl)ccc31)[C@H]2c1cccc(Cl)c1F. The van der Waals surface area contributed by atoms with Crippen LogP contribution in [0, 0.1) is 17.7 Å². The number of nitrogens with zero attached hydrogens (tertiary/aromatic N) is 3. The minimum atomic E-state index is -1.25. The van der Waals surface area contributed by atoms with Crippen molar-refractivity contribution in [1.82, 2.24) is 14.7 Å². The number of rotatable bonds is 4. The smallest absolute Gasteiger partial charge is 0.335 e. The largest absolute Gasteiger partial charge is 0.478 e. The lowest BCUT2D eigenvalue weighted by molar-refractivity contribution is -0.128. The Kier molecular flexibility index (Phi) is 5.90. The fraction of sp³-hybridized carbons (Fsp3) is 0.344. The number of carbonyl (C=O) groups excluding carboxylic acids is 1. The van der Waals surface area contributed by atoms with Gasteiger partial charge in [-0.25, -0.2) is 13.9 Å². The van der Waals surface area contributed by atoms with Crippen LogP contribution < -0.4 is 10.1 Å². The average Bonchev–Trinajstić information content (AvgIpc) is 3.62. The van der Waals surface area contributed by atoms with Crippen molar-refractivity contribution in [3.05, 3.63) is 87.2 Å². The molecule has 4 aromatic rings. The summed E-state index contributed by atoms with van der Waals surface area (Å²) in [4.78, 5) is 28.4. The van der Waals surface area contributed by atoms with E-state index in [1.165, 1.54) is 18.2 Å². The molecule has 5 atom stereocenters. The van der Waals surface area contributed by atoms with E-state index in [4.69, 9.17) is 33.0 Å². The van der Waals surface area contributed by atoms with Gasteiger partial charge in [0.05, 0.1) is 27.5 Å². The molecule has 0 unspecified atom stereocenters. The topological polar surface area (TPSA) is 96.7 Å². The maximum atomic E-state index is 16.2. The van der Waals surface area contributed by atoms with Gasteiger partial charge in [-0.05, 0) is 67.6 Å². The molecule has 2 fully saturated rings. The number of benzene rings is 3. The monoisotopic (exact) mass is 620 g/mol. The summed E-state index contributed by atoms with van der Waals surface area (Å²) in [5.41, 5.74) is 1.10. The highest BCUT2D eigenvalue weighted by molar-refractivity contribution is 6.31. The van der Waals surface area contributed by atoms with Crippen molar-refractivity contribution < 1.29 is 23.8 Å². The van der Waals surface area contributed by atoms with E-state index >= 15 is 4.39 Å². The predicted octanol–water partition coefficient (Wildman–Crippen LogP) is 6.30. The summed E-state index contributed by atoms with van der Waals surface area (Å²) in [6.07, 6.45) is 1.70. The molecule has 1 saturated heterocycles. The zero-order valence-corrected chi connectivity index (χ0v) is 24.6. The maximum Gasteiger partial charge on any atom is 0.335 e. The Morgan fingerprint density at radius 2 is 2.00 bits per heavy atom. The summed E-state index contributed by atoms with van der Waals surface area (Å²) in [7, 11) is 0. The van der Waals surface area contributed by atoms with Crippen molar-refractivity contribution in [2.24, 2.45) is 11.8 Å². The highest BCUT2D eigenvalue weighted by Crippen LogP contribution is 2.62. The van der Waals surface area contributed by atoms with Crippen LogP contribution >= 0.6 is 23.2 Å². The van der Waals surface area contributed by atoms with Crippen molar-refractivity contribution in [1.29, 1.82) is 0 Å². The lowest BCUT2D eigenvalue weighted by Crippen LogP contribution is -2.55. The lowest BCUT2D eigenvalue weighted by atomic mass is 9.71. The highest BCUT2D eigenvalue weighted by atomic mass is 35.5. The van der Waals surface area contributed by atoms with Crippen LogP contribution in [0.3, 0.4) is 0 Å². The van der Waals surface area contributed by atoms with E-state index in [1.54, 1.807) is 35.0 Å². The Hall–Kier alpha value is -3.66. The molecular weight excluding hydrogens is 594 g/mol. The number of anilines is 1. The van der Waals surface area contributed by atoms with Crippen LogP contribution in [0.5, 0.6) is 5.88 Å². The lowest BCUT2D eigenvalue weighted by Gasteiger charge is -2.41. The molecule has 8 rings (SSSR count). The minimum absolute atomic E-state index is 0.00999. The van der Waals surface area contributed by atoms with Crippen LogP contribution in [0.4, 0.5) is 10.1 Å². The molecule has 0 radical (unpaired) electrons. The number of carbonyl (C=O) groups is 2. The molecule has 2 N–H and O–H groups in total. The third-order valence-electron chi connectivity index (χ3n) is 9.68. The van der Waals surface area contributed by atoms with Gasteiger partial charge >= 0.3 is 5.97 Å². The number of aromatic carboxylic acids is 1. The number of amides is 1. The number of carboxylic acids is 1. The Morgan fingerprint density at radius 1 is 1.19 bits per heavy atom. The number of hydrogen-bond donors (Lipinski definition) is 2. The summed E-state index contributed by atoms with van der Waals surface area (Å²) < 4.78 is 24.6. The van der Waals surface area contributed by atoms with Gasteiger partial charge in [0, 0.05) is 41.2 Å². The van der Waals surface area contributed by atoms with Crippen LogP contribution in [0.15, 0.2) is 54.6 Å². The second-order valence-electron chi connectivity index (χ2n) is 12.1. The molecule has 1 aromatic heterocycles. The molecule has 1 saturated carbocycles. The van der Waals surface area contributed by atoms with E-state index in [2.05, 4.69) is 10.2 Å². The van der Waals surface area contributed by atoms with Crippen molar-refractivity contribution in [2.45, 2.75) is 49.9 Å². The third kappa shape index (κ3) is 3.81. The summed E-state index contributed by atoms with van der Waals surface area (Å²) in [6.45, 7) is 2.95. The molecule has 4 aliphatic rings. The van der Waals surface area contributed by atoms with E-state index in [-0.39, 0.29) is 28.5 Å². The van der Waals surface area contributed by atoms with E-state index in [0.29, 0.717) is 52.1 Å². The van der Waals surface area contributed by atoms with Gasteiger partial charge in [0.2, 0.25) is 11.8 Å². The number of halogens is 3. The first-order valence-corrected chi connectivity index (χ1v) is 15.2. The van der Waals surface area contributed by atoms with Crippen LogP contribution in [0.2, 0.25) is 10.0 Å². The second-order valence-corrected chi connectivity index (χ2v) is 13.0. The minimum Gasteiger partial charge on any atom is -0.478 e. The van der Waals surface area contributed by atoms with Gasteiger partial charge in [-0.3, -0.25) is 9.69 Å². The third-order valence-corrected chi connectivity index (χ3v) is 10.2. The first-order chi connectivity index (χ1) is 20.7. The molecule has 220 valence electrons. The van der Waals surface area contributed by atoms with Gasteiger partial charge in [-0.1, -0.05) is 41.4 Å². The maximum absolute atomic E-state index is 16.2. The summed E-state index contributed by atoms with van der Waals surface area (Å²) >= 11 is 12.8. The van der Waals surface area contributed by atoms with Crippen LogP contribution in [0.25, 0.3) is 10.9 Å². The normalized spacial score (nSPS) is 27.9. The molecule has 1 spiro atoms. The molecule has 43 heavy (non-hydrogen) atoms. The van der Waals surface area contributed by atoms with Crippen molar-refractivity contribution in [3.8, 4) is 5.88 Å². The molecule has 0 bridgehead atoms. The Morgan fingerprint density at radius 3 is 2.77 bits per heavy atom. The van der Waals surface area contributed by atoms with E-state index in [9.17, 15) is 14.7 Å². The summed E-state index contributed by atoms with van der Waals surface area (Å²) in [5, 5.41) is 18.6. The number of aromatic nitrogens is 2. The molecule has 3 aliphatic heterocycles. The van der Waals surface area contributed by atoms with E-state index < -0.39 is 29.3 Å². The van der Waals surface area contributed by atoms with Gasteiger partial charge in [0.25, 0.3) is 0 Å². The summed E-state index contributed by atoms with van der Waals surface area (Å²) in [6, 6.07) is 14.9. The Labute approximate surface area is 256 Å². The number of nitrogens with one attached hydrogen (secondary N) is 1. The summed E-state index contributed by atoms with van der Waals surface area (Å²) in [5.74, 6) is -1.87. The first-order valence-electron chi connectivity index (χ1n) is 14.4. The van der Waals surface area contributed by atoms with Crippen molar-refractivity contribution in [3.63, 3.8) is 0 Å². The molecule has 3 aromatic carbocycles. The van der Waals surface area contributed by atoms with Crippen LogP contribution in [-0.2, 0) is 16.9 Å². The predicted molar refractivity (Wildman–Crippen MR) is 159 cm³/mol. The van der Waals surface area contributed by atoms with Gasteiger partial charge in [-0.2, -0.15) is 5.10 Å². The van der Waals surface area contributed by atoms with Gasteiger partial charge in [0.15, 0.2) is 0 Å². The van der Waals surface area contributed by atoms with Gasteiger partial charge in [-0.15, -0.1) is 0 Å². The zero-order valence-electron chi connectivity index (χ0n) is 23.1. The number of carboxylic acid groups (broad SMARTS) is 1. The van der Waals surface area contributed by atoms with Crippen LogP contribution in [-0.4, -0.2) is 50.4 Å². The fourth-order valence-corrected chi connectivity index (χ4v) is 8.20. The average molecular weight is 621 g/mol. The Bertz CT molecular complexity index is 1860. The molecule has 1 aliphatic carbocycles.